The Kier molecular flexibility index (Phi) is 4.76. The number of fused-ring (bicyclic) bond motifs is 2. The number of carbonyl (C=O) groups excluding carboxylic acids is 2. The van der Waals surface area contributed by atoms with Gasteiger partial charge in [0.25, 0.3) is 0 Å². The first-order valence-electron chi connectivity index (χ1n) is 8.96. The van der Waals surface area contributed by atoms with Crippen LogP contribution in [0.25, 0.3) is 0 Å². The predicted octanol–water partition coefficient (Wildman–Crippen LogP) is 3.73. The second-order valence-corrected chi connectivity index (χ2v) is 7.99. The van der Waals surface area contributed by atoms with E-state index in [1.165, 1.54) is 7.11 Å². The maximum atomic E-state index is 12.7. The molecule has 136 valence electrons. The minimum absolute atomic E-state index is 0.0739. The predicted molar refractivity (Wildman–Crippen MR) is 94.2 cm³/mol. The summed E-state index contributed by atoms with van der Waals surface area (Å²) in [5.74, 6) is -0.517. The van der Waals surface area contributed by atoms with Crippen molar-refractivity contribution in [2.75, 3.05) is 7.11 Å². The summed E-state index contributed by atoms with van der Waals surface area (Å²) in [6.45, 7) is 5.59. The summed E-state index contributed by atoms with van der Waals surface area (Å²) in [7, 11) is 1.42. The Morgan fingerprint density at radius 1 is 1.12 bits per heavy atom. The summed E-state index contributed by atoms with van der Waals surface area (Å²) in [5.41, 5.74) is 0.590. The fraction of sp³-hybridized carbons (Fsp3) is 0.600. The van der Waals surface area contributed by atoms with Crippen LogP contribution in [0.5, 0.6) is 0 Å². The lowest BCUT2D eigenvalue weighted by Gasteiger charge is -2.43. The Hall–Kier alpha value is -2.04. The van der Waals surface area contributed by atoms with E-state index in [-0.39, 0.29) is 36.0 Å². The largest absolute Gasteiger partial charge is 0.469 e. The van der Waals surface area contributed by atoms with Crippen LogP contribution in [0.3, 0.4) is 0 Å². The van der Waals surface area contributed by atoms with Crippen molar-refractivity contribution < 1.29 is 19.1 Å². The lowest BCUT2D eigenvalue weighted by atomic mass is 9.76. The highest BCUT2D eigenvalue weighted by molar-refractivity contribution is 5.78. The molecule has 4 atom stereocenters. The second-order valence-electron chi connectivity index (χ2n) is 7.99. The van der Waals surface area contributed by atoms with E-state index in [2.05, 4.69) is 12.1 Å². The van der Waals surface area contributed by atoms with Gasteiger partial charge in [0.05, 0.1) is 13.0 Å². The number of methoxy groups -OCH3 is 1. The van der Waals surface area contributed by atoms with Gasteiger partial charge in [-0.3, -0.25) is 4.79 Å². The summed E-state index contributed by atoms with van der Waals surface area (Å²) in [4.78, 5) is 27.1. The van der Waals surface area contributed by atoms with Crippen molar-refractivity contribution in [3.63, 3.8) is 0 Å². The summed E-state index contributed by atoms with van der Waals surface area (Å²) < 4.78 is 10.7. The van der Waals surface area contributed by atoms with Crippen LogP contribution in [0.1, 0.15) is 51.5 Å². The number of nitrogens with zero attached hydrogens (tertiary/aromatic N) is 1. The molecular formula is C20H27NO4. The van der Waals surface area contributed by atoms with E-state index in [9.17, 15) is 9.59 Å². The van der Waals surface area contributed by atoms with Crippen molar-refractivity contribution in [3.05, 3.63) is 35.9 Å². The first-order valence-corrected chi connectivity index (χ1v) is 8.96. The Morgan fingerprint density at radius 2 is 1.80 bits per heavy atom. The highest BCUT2D eigenvalue weighted by Crippen LogP contribution is 2.47. The minimum atomic E-state index is -0.548. The topological polar surface area (TPSA) is 55.8 Å². The van der Waals surface area contributed by atoms with Gasteiger partial charge in [-0.15, -0.1) is 0 Å². The fourth-order valence-corrected chi connectivity index (χ4v) is 4.30. The maximum absolute atomic E-state index is 12.7. The van der Waals surface area contributed by atoms with Crippen molar-refractivity contribution >= 4 is 12.1 Å². The quantitative estimate of drug-likeness (QED) is 0.767. The molecule has 2 aliphatic rings. The molecule has 2 heterocycles. The van der Waals surface area contributed by atoms with Crippen molar-refractivity contribution in [1.82, 2.24) is 4.90 Å². The number of amides is 1. The van der Waals surface area contributed by atoms with Gasteiger partial charge in [0.15, 0.2) is 0 Å². The lowest BCUT2D eigenvalue weighted by Crippen LogP contribution is -2.54. The molecule has 0 saturated carbocycles. The van der Waals surface area contributed by atoms with E-state index in [0.717, 1.165) is 24.8 Å². The van der Waals surface area contributed by atoms with Crippen LogP contribution in [-0.4, -0.2) is 41.8 Å². The normalized spacial score (nSPS) is 28.6. The van der Waals surface area contributed by atoms with Gasteiger partial charge in [-0.1, -0.05) is 30.3 Å². The van der Waals surface area contributed by atoms with Crippen LogP contribution in [0.4, 0.5) is 4.79 Å². The molecule has 0 spiro atoms. The third-order valence-electron chi connectivity index (χ3n) is 5.23. The molecule has 0 aliphatic carbocycles. The van der Waals surface area contributed by atoms with Crippen molar-refractivity contribution in [2.45, 2.75) is 63.6 Å². The number of hydrogen-bond donors (Lipinski definition) is 0. The Bertz CT molecular complexity index is 637. The third-order valence-corrected chi connectivity index (χ3v) is 5.23. The molecular weight excluding hydrogens is 318 g/mol. The molecule has 2 bridgehead atoms. The first kappa shape index (κ1) is 17.8. The van der Waals surface area contributed by atoms with E-state index < -0.39 is 5.60 Å². The van der Waals surface area contributed by atoms with Crippen molar-refractivity contribution in [3.8, 4) is 0 Å². The van der Waals surface area contributed by atoms with Crippen molar-refractivity contribution in [1.29, 1.82) is 0 Å². The summed E-state index contributed by atoms with van der Waals surface area (Å²) in [6, 6.07) is 10.0. The van der Waals surface area contributed by atoms with Gasteiger partial charge in [0.2, 0.25) is 0 Å². The van der Waals surface area contributed by atoms with Crippen LogP contribution in [0, 0.1) is 5.92 Å². The zero-order valence-electron chi connectivity index (χ0n) is 15.4. The number of piperidine rings is 1. The molecule has 0 unspecified atom stereocenters. The number of esters is 1. The van der Waals surface area contributed by atoms with Gasteiger partial charge >= 0.3 is 12.1 Å². The number of carbonyl (C=O) groups is 2. The number of benzene rings is 1. The van der Waals surface area contributed by atoms with Gasteiger partial charge in [-0.05, 0) is 45.6 Å². The Labute approximate surface area is 149 Å². The molecule has 25 heavy (non-hydrogen) atoms. The monoisotopic (exact) mass is 345 g/mol. The number of rotatable bonds is 2. The molecule has 0 aromatic heterocycles. The second kappa shape index (κ2) is 6.70. The van der Waals surface area contributed by atoms with Gasteiger partial charge < -0.3 is 14.4 Å². The van der Waals surface area contributed by atoms with Gasteiger partial charge in [-0.25, -0.2) is 4.79 Å². The molecule has 0 N–H and O–H groups in total. The van der Waals surface area contributed by atoms with E-state index in [4.69, 9.17) is 9.47 Å². The average molecular weight is 345 g/mol. The van der Waals surface area contributed by atoms with E-state index in [0.29, 0.717) is 0 Å². The minimum Gasteiger partial charge on any atom is -0.469 e. The zero-order chi connectivity index (χ0) is 18.2. The standard InChI is InChI=1S/C20H27NO4/c1-20(2,3)25-19(23)21-14-10-11-16(21)17(18(22)24-4)15(12-14)13-8-6-5-7-9-13/h5-9,14-17H,10-12H2,1-4H3/t14-,15+,16+,17-/m0/s1. The smallest absolute Gasteiger partial charge is 0.410 e. The van der Waals surface area contributed by atoms with Crippen LogP contribution in [0.2, 0.25) is 0 Å². The van der Waals surface area contributed by atoms with E-state index >= 15 is 0 Å². The number of hydrogen-bond acceptors (Lipinski definition) is 4. The SMILES string of the molecule is COC(=O)[C@H]1[C@@H](c2ccccc2)C[C@@H]2CC[C@H]1N2C(=O)OC(C)(C)C. The van der Waals surface area contributed by atoms with Gasteiger partial charge in [0, 0.05) is 18.0 Å². The molecule has 2 aliphatic heterocycles. The molecule has 1 amide bonds. The lowest BCUT2D eigenvalue weighted by molar-refractivity contribution is -0.150. The maximum Gasteiger partial charge on any atom is 0.410 e. The van der Waals surface area contributed by atoms with Crippen LogP contribution < -0.4 is 0 Å². The molecule has 2 fully saturated rings. The summed E-state index contributed by atoms with van der Waals surface area (Å²) in [5, 5.41) is 0. The Balaban J connectivity index is 1.91. The molecule has 0 radical (unpaired) electrons. The van der Waals surface area contributed by atoms with E-state index in [1.54, 1.807) is 4.90 Å². The molecule has 2 saturated heterocycles. The van der Waals surface area contributed by atoms with Crippen molar-refractivity contribution in [2.24, 2.45) is 5.92 Å². The molecule has 5 heteroatoms. The molecule has 3 rings (SSSR count). The van der Waals surface area contributed by atoms with Gasteiger partial charge in [-0.2, -0.15) is 0 Å². The Morgan fingerprint density at radius 3 is 2.40 bits per heavy atom. The molecule has 1 aromatic carbocycles. The highest BCUT2D eigenvalue weighted by atomic mass is 16.6. The van der Waals surface area contributed by atoms with Crippen LogP contribution in [-0.2, 0) is 14.3 Å². The average Bonchev–Trinajstić information content (AvgIpc) is 2.87. The third kappa shape index (κ3) is 3.51. The summed E-state index contributed by atoms with van der Waals surface area (Å²) in [6.07, 6.45) is 2.16. The molecule has 5 nitrogen and oxygen atoms in total. The fourth-order valence-electron chi connectivity index (χ4n) is 4.30. The first-order chi connectivity index (χ1) is 11.8. The summed E-state index contributed by atoms with van der Waals surface area (Å²) >= 11 is 0. The molecule has 1 aromatic rings. The number of ether oxygens (including phenoxy) is 2. The zero-order valence-corrected chi connectivity index (χ0v) is 15.4. The van der Waals surface area contributed by atoms with Gasteiger partial charge in [0.1, 0.15) is 5.60 Å². The highest BCUT2D eigenvalue weighted by Gasteiger charge is 2.53. The van der Waals surface area contributed by atoms with Crippen LogP contribution in [0.15, 0.2) is 30.3 Å². The van der Waals surface area contributed by atoms with E-state index in [1.807, 2.05) is 39.0 Å². The van der Waals surface area contributed by atoms with Crippen LogP contribution >= 0.6 is 0 Å².